The lowest BCUT2D eigenvalue weighted by atomic mass is 10.2. The van der Waals surface area contributed by atoms with Gasteiger partial charge >= 0.3 is 0 Å². The predicted octanol–water partition coefficient (Wildman–Crippen LogP) is 3.16. The van der Waals surface area contributed by atoms with Crippen LogP contribution < -0.4 is 4.74 Å². The first kappa shape index (κ1) is 30.1. The minimum atomic E-state index is -3.89. The Bertz CT molecular complexity index is 1430. The normalized spacial score (nSPS) is 17.8. The molecule has 1 atom stereocenters. The molecule has 10 nitrogen and oxygen atoms in total. The van der Waals surface area contributed by atoms with E-state index in [-0.39, 0.29) is 29.5 Å². The van der Waals surface area contributed by atoms with Crippen LogP contribution in [-0.2, 0) is 38.2 Å². The molecule has 2 aliphatic heterocycles. The molecule has 1 aromatic heterocycles. The van der Waals surface area contributed by atoms with Crippen molar-refractivity contribution in [1.29, 1.82) is 0 Å². The summed E-state index contributed by atoms with van der Waals surface area (Å²) in [6, 6.07) is 12.4. The fourth-order valence-electron chi connectivity index (χ4n) is 5.27. The molecule has 2 fully saturated rings. The number of halogens is 1. The van der Waals surface area contributed by atoms with Crippen LogP contribution in [0.25, 0.3) is 0 Å². The third-order valence-corrected chi connectivity index (χ3v) is 9.22. The lowest BCUT2D eigenvalue weighted by Crippen LogP contribution is -2.43. The number of rotatable bonds is 12. The Morgan fingerprint density at radius 1 is 1.10 bits per heavy atom. The molecule has 226 valence electrons. The Balaban J connectivity index is 1.44. The predicted molar refractivity (Wildman–Crippen MR) is 153 cm³/mol. The van der Waals surface area contributed by atoms with Gasteiger partial charge in [0.05, 0.1) is 57.2 Å². The highest BCUT2D eigenvalue weighted by molar-refractivity contribution is 7.90. The topological polar surface area (TPSA) is 103 Å². The van der Waals surface area contributed by atoms with E-state index in [1.165, 1.54) is 30.5 Å². The first-order valence-corrected chi connectivity index (χ1v) is 15.8. The standard InChI is InChI=1S/C30H37FN4O6S/c1-39-27-10-6-24(7-11-27)29(36)34(13-12-33-14-17-40-18-15-33)20-26-19-32-30(35(26)21-28-3-2-16-41-28)42(37,38)22-23-4-8-25(31)9-5-23/h4-11,19,28H,2-3,12-18,20-22H2,1H3/t28-/m0/s1. The smallest absolute Gasteiger partial charge is 0.254 e. The van der Waals surface area contributed by atoms with E-state index in [1.54, 1.807) is 40.8 Å². The van der Waals surface area contributed by atoms with Crippen molar-refractivity contribution in [2.75, 3.05) is 53.1 Å². The number of carbonyl (C=O) groups is 1. The van der Waals surface area contributed by atoms with Crippen molar-refractivity contribution in [2.24, 2.45) is 0 Å². The average molecular weight is 601 g/mol. The zero-order valence-corrected chi connectivity index (χ0v) is 24.6. The number of aromatic nitrogens is 2. The SMILES string of the molecule is COc1ccc(C(=O)N(CCN2CCOCC2)Cc2cnc(S(=O)(=O)Cc3ccc(F)cc3)n2C[C@@H]2CCCO2)cc1. The highest BCUT2D eigenvalue weighted by Crippen LogP contribution is 2.23. The van der Waals surface area contributed by atoms with E-state index in [2.05, 4.69) is 9.88 Å². The first-order valence-electron chi connectivity index (χ1n) is 14.2. The number of hydrogen-bond donors (Lipinski definition) is 0. The van der Waals surface area contributed by atoms with Crippen LogP contribution in [0.2, 0.25) is 0 Å². The molecule has 0 N–H and O–H groups in total. The summed E-state index contributed by atoms with van der Waals surface area (Å²) >= 11 is 0. The fourth-order valence-corrected chi connectivity index (χ4v) is 6.77. The molecule has 3 aromatic rings. The second-order valence-electron chi connectivity index (χ2n) is 10.6. The van der Waals surface area contributed by atoms with E-state index >= 15 is 0 Å². The molecule has 0 saturated carbocycles. The van der Waals surface area contributed by atoms with Gasteiger partial charge in [0.25, 0.3) is 5.91 Å². The van der Waals surface area contributed by atoms with Crippen LogP contribution >= 0.6 is 0 Å². The van der Waals surface area contributed by atoms with Gasteiger partial charge in [-0.05, 0) is 54.8 Å². The van der Waals surface area contributed by atoms with Crippen molar-refractivity contribution in [3.05, 3.63) is 77.4 Å². The Labute approximate surface area is 245 Å². The number of nitrogens with zero attached hydrogens (tertiary/aromatic N) is 4. The van der Waals surface area contributed by atoms with Gasteiger partial charge in [0, 0.05) is 38.3 Å². The van der Waals surface area contributed by atoms with Gasteiger partial charge in [-0.2, -0.15) is 0 Å². The number of benzene rings is 2. The quantitative estimate of drug-likeness (QED) is 0.313. The minimum Gasteiger partial charge on any atom is -0.497 e. The summed E-state index contributed by atoms with van der Waals surface area (Å²) in [6.45, 7) is 5.05. The van der Waals surface area contributed by atoms with Crippen molar-refractivity contribution in [3.8, 4) is 5.75 Å². The van der Waals surface area contributed by atoms with E-state index in [1.807, 2.05) is 0 Å². The van der Waals surface area contributed by atoms with Gasteiger partial charge < -0.3 is 23.7 Å². The number of ether oxygens (including phenoxy) is 3. The second-order valence-corrected chi connectivity index (χ2v) is 12.5. The molecule has 2 aromatic carbocycles. The van der Waals surface area contributed by atoms with E-state index in [9.17, 15) is 17.6 Å². The van der Waals surface area contributed by atoms with E-state index in [0.717, 1.165) is 25.9 Å². The molecular weight excluding hydrogens is 563 g/mol. The van der Waals surface area contributed by atoms with Crippen LogP contribution in [0, 0.1) is 5.82 Å². The van der Waals surface area contributed by atoms with Crippen molar-refractivity contribution < 1.29 is 31.8 Å². The zero-order chi connectivity index (χ0) is 29.5. The number of sulfone groups is 1. The van der Waals surface area contributed by atoms with Crippen LogP contribution in [-0.4, -0.2) is 92.9 Å². The fraction of sp³-hybridized carbons (Fsp3) is 0.467. The zero-order valence-electron chi connectivity index (χ0n) is 23.8. The van der Waals surface area contributed by atoms with Crippen LogP contribution in [0.15, 0.2) is 59.9 Å². The lowest BCUT2D eigenvalue weighted by Gasteiger charge is -2.30. The molecule has 0 spiro atoms. The second kappa shape index (κ2) is 13.8. The molecule has 5 rings (SSSR count). The molecule has 2 saturated heterocycles. The van der Waals surface area contributed by atoms with E-state index in [0.29, 0.717) is 62.0 Å². The average Bonchev–Trinajstić information content (AvgIpc) is 3.67. The maximum Gasteiger partial charge on any atom is 0.254 e. The van der Waals surface area contributed by atoms with Gasteiger partial charge in [-0.25, -0.2) is 17.8 Å². The Morgan fingerprint density at radius 2 is 1.83 bits per heavy atom. The van der Waals surface area contributed by atoms with Crippen LogP contribution in [0.5, 0.6) is 5.75 Å². The summed E-state index contributed by atoms with van der Waals surface area (Å²) in [5.41, 5.74) is 1.57. The summed E-state index contributed by atoms with van der Waals surface area (Å²) in [7, 11) is -2.32. The number of imidazole rings is 1. The molecule has 0 radical (unpaired) electrons. The number of methoxy groups -OCH3 is 1. The van der Waals surface area contributed by atoms with E-state index < -0.39 is 15.7 Å². The highest BCUT2D eigenvalue weighted by Gasteiger charge is 2.29. The summed E-state index contributed by atoms with van der Waals surface area (Å²) in [6.07, 6.45) is 3.08. The molecule has 2 aliphatic rings. The van der Waals surface area contributed by atoms with Gasteiger partial charge in [-0.15, -0.1) is 0 Å². The molecule has 1 amide bonds. The number of carbonyl (C=O) groups excluding carboxylic acids is 1. The van der Waals surface area contributed by atoms with E-state index in [4.69, 9.17) is 14.2 Å². The van der Waals surface area contributed by atoms with Crippen LogP contribution in [0.1, 0.15) is 34.5 Å². The molecular formula is C30H37FN4O6S. The van der Waals surface area contributed by atoms with Gasteiger partial charge in [0.1, 0.15) is 11.6 Å². The number of hydrogen-bond acceptors (Lipinski definition) is 8. The minimum absolute atomic E-state index is 0.0812. The molecule has 3 heterocycles. The van der Waals surface area contributed by atoms with Gasteiger partial charge in [0.2, 0.25) is 15.0 Å². The number of morpholine rings is 1. The first-order chi connectivity index (χ1) is 20.3. The van der Waals surface area contributed by atoms with Gasteiger partial charge in [-0.3, -0.25) is 9.69 Å². The van der Waals surface area contributed by atoms with Crippen molar-refractivity contribution >= 4 is 15.7 Å². The summed E-state index contributed by atoms with van der Waals surface area (Å²) in [4.78, 5) is 22.1. The molecule has 0 unspecified atom stereocenters. The van der Waals surface area contributed by atoms with Crippen molar-refractivity contribution in [1.82, 2.24) is 19.4 Å². The maximum absolute atomic E-state index is 13.8. The highest BCUT2D eigenvalue weighted by atomic mass is 32.2. The number of amides is 1. The lowest BCUT2D eigenvalue weighted by molar-refractivity contribution is 0.0318. The third kappa shape index (κ3) is 7.54. The third-order valence-electron chi connectivity index (χ3n) is 7.63. The monoisotopic (exact) mass is 600 g/mol. The summed E-state index contributed by atoms with van der Waals surface area (Å²) in [5, 5.41) is -0.0812. The van der Waals surface area contributed by atoms with Gasteiger partial charge in [-0.1, -0.05) is 12.1 Å². The summed E-state index contributed by atoms with van der Waals surface area (Å²) < 4.78 is 58.9. The Kier molecular flexibility index (Phi) is 9.88. The summed E-state index contributed by atoms with van der Waals surface area (Å²) in [5.74, 6) is -0.276. The Morgan fingerprint density at radius 3 is 2.50 bits per heavy atom. The van der Waals surface area contributed by atoms with Gasteiger partial charge in [0.15, 0.2) is 0 Å². The maximum atomic E-state index is 13.8. The molecule has 0 aliphatic carbocycles. The molecule has 42 heavy (non-hydrogen) atoms. The molecule has 12 heteroatoms. The molecule has 0 bridgehead atoms. The van der Waals surface area contributed by atoms with Crippen molar-refractivity contribution in [2.45, 2.75) is 42.9 Å². The largest absolute Gasteiger partial charge is 0.497 e. The Hall–Kier alpha value is -3.32. The van der Waals surface area contributed by atoms with Crippen LogP contribution in [0.4, 0.5) is 4.39 Å². The van der Waals surface area contributed by atoms with Crippen molar-refractivity contribution in [3.63, 3.8) is 0 Å². The van der Waals surface area contributed by atoms with Crippen LogP contribution in [0.3, 0.4) is 0 Å².